The van der Waals surface area contributed by atoms with Crippen molar-refractivity contribution in [2.75, 3.05) is 19.6 Å². The van der Waals surface area contributed by atoms with E-state index < -0.39 is 10.0 Å². The maximum absolute atomic E-state index is 13.6. The van der Waals surface area contributed by atoms with Crippen LogP contribution in [0.1, 0.15) is 24.1 Å². The van der Waals surface area contributed by atoms with Crippen molar-refractivity contribution >= 4 is 47.8 Å². The van der Waals surface area contributed by atoms with Crippen molar-refractivity contribution < 1.29 is 17.6 Å². The lowest BCUT2D eigenvalue weighted by Crippen LogP contribution is -2.44. The molecule has 3 aromatic rings. The minimum absolute atomic E-state index is 0.0176. The molecule has 0 atom stereocenters. The Labute approximate surface area is 227 Å². The molecule has 1 saturated heterocycles. The number of piperidine rings is 1. The number of benzene rings is 2. The van der Waals surface area contributed by atoms with E-state index in [9.17, 15) is 17.6 Å². The van der Waals surface area contributed by atoms with Crippen molar-refractivity contribution in [2.45, 2.75) is 30.7 Å². The SMILES string of the molecule is O=C(C1CCN(S(=O)(=O)c2cc(Br)ccc2Br)CC1)N(CCc1ccccn1)Cc1ccc(F)cc1. The molecule has 2 aromatic carbocycles. The highest BCUT2D eigenvalue weighted by Crippen LogP contribution is 2.31. The normalized spacial score (nSPS) is 15.1. The lowest BCUT2D eigenvalue weighted by atomic mass is 9.96. The Morgan fingerprint density at radius 1 is 1.06 bits per heavy atom. The Balaban J connectivity index is 1.45. The maximum Gasteiger partial charge on any atom is 0.244 e. The van der Waals surface area contributed by atoms with E-state index in [4.69, 9.17) is 0 Å². The lowest BCUT2D eigenvalue weighted by Gasteiger charge is -2.34. The fourth-order valence-corrected chi connectivity index (χ4v) is 7.22. The van der Waals surface area contributed by atoms with Gasteiger partial charge in [0.2, 0.25) is 15.9 Å². The zero-order chi connectivity index (χ0) is 25.7. The summed E-state index contributed by atoms with van der Waals surface area (Å²) in [7, 11) is -3.70. The molecule has 2 heterocycles. The average molecular weight is 639 g/mol. The van der Waals surface area contributed by atoms with Crippen LogP contribution in [0.3, 0.4) is 0 Å². The summed E-state index contributed by atoms with van der Waals surface area (Å²) in [4.78, 5) is 19.9. The van der Waals surface area contributed by atoms with Gasteiger partial charge in [0.1, 0.15) is 5.82 Å². The number of pyridine rings is 1. The maximum atomic E-state index is 13.6. The molecular weight excluding hydrogens is 613 g/mol. The summed E-state index contributed by atoms with van der Waals surface area (Å²) in [5, 5.41) is 0. The highest BCUT2D eigenvalue weighted by molar-refractivity contribution is 9.11. The smallest absolute Gasteiger partial charge is 0.244 e. The van der Waals surface area contributed by atoms with Crippen LogP contribution in [0.5, 0.6) is 0 Å². The molecule has 0 bridgehead atoms. The second-order valence-corrected chi connectivity index (χ2v) is 12.4. The van der Waals surface area contributed by atoms with Crippen LogP contribution in [0.25, 0.3) is 0 Å². The third-order valence-corrected chi connectivity index (χ3v) is 9.66. The minimum Gasteiger partial charge on any atom is -0.338 e. The van der Waals surface area contributed by atoms with Gasteiger partial charge in [-0.3, -0.25) is 9.78 Å². The first-order valence-corrected chi connectivity index (χ1v) is 14.6. The summed E-state index contributed by atoms with van der Waals surface area (Å²) in [5.41, 5.74) is 1.72. The van der Waals surface area contributed by atoms with E-state index in [1.807, 2.05) is 18.2 Å². The van der Waals surface area contributed by atoms with Gasteiger partial charge in [-0.2, -0.15) is 4.31 Å². The molecule has 1 aliphatic heterocycles. The molecule has 6 nitrogen and oxygen atoms in total. The number of aromatic nitrogens is 1. The van der Waals surface area contributed by atoms with E-state index >= 15 is 0 Å². The average Bonchev–Trinajstić information content (AvgIpc) is 2.89. The molecule has 190 valence electrons. The number of carbonyl (C=O) groups is 1. The second-order valence-electron chi connectivity index (χ2n) is 8.71. The zero-order valence-electron chi connectivity index (χ0n) is 19.5. The van der Waals surface area contributed by atoms with Crippen LogP contribution < -0.4 is 0 Å². The third-order valence-electron chi connectivity index (χ3n) is 6.28. The van der Waals surface area contributed by atoms with Crippen LogP contribution in [-0.2, 0) is 27.8 Å². The van der Waals surface area contributed by atoms with Crippen molar-refractivity contribution in [1.82, 2.24) is 14.2 Å². The topological polar surface area (TPSA) is 70.6 Å². The zero-order valence-corrected chi connectivity index (χ0v) is 23.5. The number of hydrogen-bond acceptors (Lipinski definition) is 4. The van der Waals surface area contributed by atoms with Crippen LogP contribution in [-0.4, -0.2) is 48.1 Å². The Bertz CT molecular complexity index is 1300. The molecule has 0 unspecified atom stereocenters. The summed E-state index contributed by atoms with van der Waals surface area (Å²) in [6.07, 6.45) is 3.19. The van der Waals surface area contributed by atoms with Gasteiger partial charge in [-0.1, -0.05) is 34.1 Å². The van der Waals surface area contributed by atoms with Gasteiger partial charge in [-0.25, -0.2) is 12.8 Å². The standard InChI is InChI=1S/C26H26Br2FN3O3S/c27-21-6-9-24(28)25(17-21)36(34,35)32-15-10-20(11-16-32)26(33)31(14-12-23-3-1-2-13-30-23)18-19-4-7-22(29)8-5-19/h1-9,13,17,20H,10-12,14-16,18H2. The molecule has 0 radical (unpaired) electrons. The predicted molar refractivity (Wildman–Crippen MR) is 143 cm³/mol. The van der Waals surface area contributed by atoms with Crippen molar-refractivity contribution in [1.29, 1.82) is 0 Å². The summed E-state index contributed by atoms with van der Waals surface area (Å²) < 4.78 is 42.5. The second kappa shape index (κ2) is 11.9. The Morgan fingerprint density at radius 3 is 2.44 bits per heavy atom. The van der Waals surface area contributed by atoms with Gasteiger partial charge in [-0.15, -0.1) is 0 Å². The largest absolute Gasteiger partial charge is 0.338 e. The molecule has 0 aliphatic carbocycles. The minimum atomic E-state index is -3.70. The molecule has 1 aromatic heterocycles. The molecule has 4 rings (SSSR count). The summed E-state index contributed by atoms with van der Waals surface area (Å²) in [6.45, 7) is 1.36. The van der Waals surface area contributed by atoms with Crippen molar-refractivity contribution in [3.8, 4) is 0 Å². The first-order chi connectivity index (χ1) is 17.2. The van der Waals surface area contributed by atoms with Crippen molar-refractivity contribution in [2.24, 2.45) is 5.92 Å². The monoisotopic (exact) mass is 637 g/mol. The van der Waals surface area contributed by atoms with E-state index in [0.29, 0.717) is 41.3 Å². The van der Waals surface area contributed by atoms with Gasteiger partial charge in [0.05, 0.1) is 4.90 Å². The van der Waals surface area contributed by atoms with Crippen molar-refractivity contribution in [3.05, 3.63) is 92.9 Å². The van der Waals surface area contributed by atoms with Gasteiger partial charge in [0.15, 0.2) is 0 Å². The first-order valence-electron chi connectivity index (χ1n) is 11.6. The van der Waals surface area contributed by atoms with E-state index in [-0.39, 0.29) is 35.6 Å². The van der Waals surface area contributed by atoms with E-state index in [1.165, 1.54) is 16.4 Å². The Morgan fingerprint density at radius 2 is 1.78 bits per heavy atom. The quantitative estimate of drug-likeness (QED) is 0.331. The van der Waals surface area contributed by atoms with Crippen LogP contribution >= 0.6 is 31.9 Å². The molecule has 0 saturated carbocycles. The number of carbonyl (C=O) groups excluding carboxylic acids is 1. The Hall–Kier alpha value is -2.14. The number of amides is 1. The Kier molecular flexibility index (Phi) is 8.92. The predicted octanol–water partition coefficient (Wildman–Crippen LogP) is 5.42. The van der Waals surface area contributed by atoms with Gasteiger partial charge >= 0.3 is 0 Å². The molecule has 1 amide bonds. The van der Waals surface area contributed by atoms with Crippen LogP contribution in [0, 0.1) is 11.7 Å². The van der Waals surface area contributed by atoms with Crippen LogP contribution in [0.15, 0.2) is 80.7 Å². The fourth-order valence-electron chi connectivity index (χ4n) is 4.29. The van der Waals surface area contributed by atoms with Gasteiger partial charge < -0.3 is 4.90 Å². The molecule has 0 N–H and O–H groups in total. The lowest BCUT2D eigenvalue weighted by molar-refractivity contribution is -0.137. The highest BCUT2D eigenvalue weighted by atomic mass is 79.9. The van der Waals surface area contributed by atoms with Crippen LogP contribution in [0.4, 0.5) is 4.39 Å². The van der Waals surface area contributed by atoms with Gasteiger partial charge in [-0.05, 0) is 76.8 Å². The van der Waals surface area contributed by atoms with E-state index in [0.717, 1.165) is 11.3 Å². The van der Waals surface area contributed by atoms with Crippen LogP contribution in [0.2, 0.25) is 0 Å². The number of hydrogen-bond donors (Lipinski definition) is 0. The molecular formula is C26H26Br2FN3O3S. The summed E-state index contributed by atoms with van der Waals surface area (Å²) in [5.74, 6) is -0.627. The number of rotatable bonds is 8. The fraction of sp³-hybridized carbons (Fsp3) is 0.308. The molecule has 1 fully saturated rings. The number of halogens is 3. The first kappa shape index (κ1) is 26.9. The molecule has 36 heavy (non-hydrogen) atoms. The summed E-state index contributed by atoms with van der Waals surface area (Å²) in [6, 6.07) is 16.9. The third kappa shape index (κ3) is 6.59. The molecule has 10 heteroatoms. The van der Waals surface area contributed by atoms with E-state index in [2.05, 4.69) is 36.8 Å². The number of sulfonamides is 1. The van der Waals surface area contributed by atoms with Crippen molar-refractivity contribution in [3.63, 3.8) is 0 Å². The summed E-state index contributed by atoms with van der Waals surface area (Å²) >= 11 is 6.68. The van der Waals surface area contributed by atoms with E-state index in [1.54, 1.807) is 41.4 Å². The highest BCUT2D eigenvalue weighted by Gasteiger charge is 2.34. The van der Waals surface area contributed by atoms with Gasteiger partial charge in [0.25, 0.3) is 0 Å². The number of nitrogens with zero attached hydrogens (tertiary/aromatic N) is 3. The molecule has 1 aliphatic rings. The molecule has 0 spiro atoms. The van der Waals surface area contributed by atoms with Gasteiger partial charge in [0, 0.05) is 59.4 Å².